The zero-order valence-corrected chi connectivity index (χ0v) is 10.1. The molecular weight excluding hydrogens is 204 g/mol. The summed E-state index contributed by atoms with van der Waals surface area (Å²) in [7, 11) is 3.54. The van der Waals surface area contributed by atoms with Gasteiger partial charge in [-0.1, -0.05) is 0 Å². The van der Waals surface area contributed by atoms with Gasteiger partial charge in [0.05, 0.1) is 5.69 Å². The van der Waals surface area contributed by atoms with Gasteiger partial charge in [0.25, 0.3) is 0 Å². The maximum absolute atomic E-state index is 8.99. The van der Waals surface area contributed by atoms with E-state index in [-0.39, 0.29) is 0 Å². The van der Waals surface area contributed by atoms with E-state index in [1.54, 1.807) is 11.8 Å². The van der Waals surface area contributed by atoms with E-state index in [0.717, 1.165) is 37.5 Å². The number of hydrogen-bond donors (Lipinski definition) is 1. The van der Waals surface area contributed by atoms with Crippen LogP contribution in [0.25, 0.3) is 0 Å². The van der Waals surface area contributed by atoms with E-state index in [4.69, 9.17) is 10.00 Å². The van der Waals surface area contributed by atoms with Crippen molar-refractivity contribution < 1.29 is 4.74 Å². The maximum atomic E-state index is 8.99. The fourth-order valence-electron chi connectivity index (χ4n) is 1.57. The number of nitriles is 1. The van der Waals surface area contributed by atoms with Gasteiger partial charge in [0.15, 0.2) is 0 Å². The van der Waals surface area contributed by atoms with Crippen molar-refractivity contribution in [1.29, 1.82) is 5.26 Å². The van der Waals surface area contributed by atoms with Gasteiger partial charge in [0.2, 0.25) is 0 Å². The van der Waals surface area contributed by atoms with E-state index in [2.05, 4.69) is 16.5 Å². The largest absolute Gasteiger partial charge is 0.385 e. The summed E-state index contributed by atoms with van der Waals surface area (Å²) in [6, 6.07) is 2.17. The fourth-order valence-corrected chi connectivity index (χ4v) is 1.57. The molecule has 0 spiro atoms. The summed E-state index contributed by atoms with van der Waals surface area (Å²) >= 11 is 0. The molecule has 0 aliphatic heterocycles. The zero-order valence-electron chi connectivity index (χ0n) is 10.1. The van der Waals surface area contributed by atoms with Crippen molar-refractivity contribution in [2.24, 2.45) is 7.05 Å². The summed E-state index contributed by atoms with van der Waals surface area (Å²) in [5, 5.41) is 16.4. The minimum absolute atomic E-state index is 0.634. The molecule has 0 aliphatic rings. The summed E-state index contributed by atoms with van der Waals surface area (Å²) in [4.78, 5) is 0. The molecule has 0 saturated carbocycles. The number of rotatable bonds is 6. The molecule has 88 valence electrons. The van der Waals surface area contributed by atoms with Gasteiger partial charge in [-0.2, -0.15) is 10.4 Å². The Kier molecular flexibility index (Phi) is 4.80. The molecule has 0 radical (unpaired) electrons. The van der Waals surface area contributed by atoms with Gasteiger partial charge in [-0.25, -0.2) is 0 Å². The Morgan fingerprint density at radius 1 is 1.50 bits per heavy atom. The third-order valence-corrected chi connectivity index (χ3v) is 2.40. The molecule has 16 heavy (non-hydrogen) atoms. The average molecular weight is 222 g/mol. The third kappa shape index (κ3) is 2.97. The second kappa shape index (κ2) is 6.13. The summed E-state index contributed by atoms with van der Waals surface area (Å²) in [5.74, 6) is 0.803. The summed E-state index contributed by atoms with van der Waals surface area (Å²) in [6.45, 7) is 3.45. The van der Waals surface area contributed by atoms with Crippen LogP contribution in [0.4, 0.5) is 5.82 Å². The monoisotopic (exact) mass is 222 g/mol. The number of nitrogens with zero attached hydrogens (tertiary/aromatic N) is 3. The molecule has 0 atom stereocenters. The van der Waals surface area contributed by atoms with Crippen LogP contribution in [0, 0.1) is 18.3 Å². The van der Waals surface area contributed by atoms with Crippen LogP contribution in [0.3, 0.4) is 0 Å². The van der Waals surface area contributed by atoms with E-state index < -0.39 is 0 Å². The summed E-state index contributed by atoms with van der Waals surface area (Å²) < 4.78 is 6.68. The molecule has 5 nitrogen and oxygen atoms in total. The Balaban J connectivity index is 2.51. The highest BCUT2D eigenvalue weighted by atomic mass is 16.5. The number of aryl methyl sites for hydroxylation is 2. The first-order chi connectivity index (χ1) is 7.70. The minimum atomic E-state index is 0.634. The van der Waals surface area contributed by atoms with Crippen molar-refractivity contribution in [2.45, 2.75) is 19.8 Å². The van der Waals surface area contributed by atoms with E-state index in [0.29, 0.717) is 5.56 Å². The Hall–Kier alpha value is -1.54. The molecule has 0 saturated heterocycles. The van der Waals surface area contributed by atoms with Gasteiger partial charge in [-0.3, -0.25) is 4.68 Å². The van der Waals surface area contributed by atoms with E-state index in [9.17, 15) is 0 Å². The van der Waals surface area contributed by atoms with Crippen molar-refractivity contribution in [1.82, 2.24) is 9.78 Å². The van der Waals surface area contributed by atoms with Crippen LogP contribution >= 0.6 is 0 Å². The van der Waals surface area contributed by atoms with Crippen molar-refractivity contribution >= 4 is 5.82 Å². The number of methoxy groups -OCH3 is 1. The predicted molar refractivity (Wildman–Crippen MR) is 62.3 cm³/mol. The predicted octanol–water partition coefficient (Wildman–Crippen LogP) is 1.44. The lowest BCUT2D eigenvalue weighted by molar-refractivity contribution is 0.193. The van der Waals surface area contributed by atoms with Gasteiger partial charge >= 0.3 is 0 Å². The Morgan fingerprint density at radius 3 is 2.88 bits per heavy atom. The van der Waals surface area contributed by atoms with Gasteiger partial charge in [-0.15, -0.1) is 0 Å². The minimum Gasteiger partial charge on any atom is -0.385 e. The Bertz CT molecular complexity index is 378. The number of unbranched alkanes of at least 4 members (excludes halogenated alkanes) is 1. The SMILES string of the molecule is COCCCCNc1c(C#N)c(C)nn1C. The quantitative estimate of drug-likeness (QED) is 0.740. The lowest BCUT2D eigenvalue weighted by Gasteiger charge is -2.06. The zero-order chi connectivity index (χ0) is 12.0. The maximum Gasteiger partial charge on any atom is 0.142 e. The lowest BCUT2D eigenvalue weighted by atomic mass is 10.2. The van der Waals surface area contributed by atoms with Crippen LogP contribution in [0.15, 0.2) is 0 Å². The van der Waals surface area contributed by atoms with Crippen LogP contribution in [0.1, 0.15) is 24.1 Å². The van der Waals surface area contributed by atoms with Crippen LogP contribution in [0.2, 0.25) is 0 Å². The molecule has 1 rings (SSSR count). The highest BCUT2D eigenvalue weighted by molar-refractivity contribution is 5.54. The molecule has 1 N–H and O–H groups in total. The van der Waals surface area contributed by atoms with Crippen molar-refractivity contribution in [3.05, 3.63) is 11.3 Å². The molecule has 0 aromatic carbocycles. The first-order valence-corrected chi connectivity index (χ1v) is 5.37. The Morgan fingerprint density at radius 2 is 2.25 bits per heavy atom. The summed E-state index contributed by atoms with van der Waals surface area (Å²) in [6.07, 6.45) is 2.03. The number of ether oxygens (including phenoxy) is 1. The highest BCUT2D eigenvalue weighted by Gasteiger charge is 2.11. The topological polar surface area (TPSA) is 62.9 Å². The van der Waals surface area contributed by atoms with Crippen LogP contribution in [0.5, 0.6) is 0 Å². The molecule has 0 unspecified atom stereocenters. The van der Waals surface area contributed by atoms with Crippen LogP contribution in [-0.2, 0) is 11.8 Å². The second-order valence-electron chi connectivity index (χ2n) is 3.67. The number of aromatic nitrogens is 2. The first-order valence-electron chi connectivity index (χ1n) is 5.37. The summed E-state index contributed by atoms with van der Waals surface area (Å²) in [5.41, 5.74) is 1.40. The average Bonchev–Trinajstić information content (AvgIpc) is 2.53. The van der Waals surface area contributed by atoms with Gasteiger partial charge in [-0.05, 0) is 19.8 Å². The number of nitrogens with one attached hydrogen (secondary N) is 1. The molecule has 1 aromatic rings. The van der Waals surface area contributed by atoms with Crippen LogP contribution < -0.4 is 5.32 Å². The van der Waals surface area contributed by atoms with Gasteiger partial charge in [0.1, 0.15) is 17.5 Å². The van der Waals surface area contributed by atoms with E-state index in [1.165, 1.54) is 0 Å². The van der Waals surface area contributed by atoms with Crippen molar-refractivity contribution in [2.75, 3.05) is 25.6 Å². The fraction of sp³-hybridized carbons (Fsp3) is 0.636. The van der Waals surface area contributed by atoms with E-state index >= 15 is 0 Å². The Labute approximate surface area is 96.0 Å². The van der Waals surface area contributed by atoms with Crippen molar-refractivity contribution in [3.8, 4) is 6.07 Å². The molecule has 0 bridgehead atoms. The second-order valence-corrected chi connectivity index (χ2v) is 3.67. The molecule has 1 heterocycles. The van der Waals surface area contributed by atoms with Gasteiger partial charge in [0, 0.05) is 27.3 Å². The smallest absolute Gasteiger partial charge is 0.142 e. The van der Waals surface area contributed by atoms with E-state index in [1.807, 2.05) is 14.0 Å². The third-order valence-electron chi connectivity index (χ3n) is 2.40. The molecule has 0 aliphatic carbocycles. The first kappa shape index (κ1) is 12.5. The van der Waals surface area contributed by atoms with Crippen LogP contribution in [-0.4, -0.2) is 30.0 Å². The molecule has 0 fully saturated rings. The number of anilines is 1. The molecule has 0 amide bonds. The molecular formula is C11H18N4O. The lowest BCUT2D eigenvalue weighted by Crippen LogP contribution is -2.08. The normalized spacial score (nSPS) is 10.1. The highest BCUT2D eigenvalue weighted by Crippen LogP contribution is 2.17. The standard InChI is InChI=1S/C11H18N4O/c1-9-10(8-12)11(15(2)14-9)13-6-4-5-7-16-3/h13H,4-7H2,1-3H3. The number of hydrogen-bond acceptors (Lipinski definition) is 4. The van der Waals surface area contributed by atoms with Crippen molar-refractivity contribution in [3.63, 3.8) is 0 Å². The molecule has 5 heteroatoms. The van der Waals surface area contributed by atoms with Gasteiger partial charge < -0.3 is 10.1 Å². The molecule has 1 aromatic heterocycles.